The Hall–Kier alpha value is -5.07. The quantitative estimate of drug-likeness (QED) is 0.120. The highest BCUT2D eigenvalue weighted by Gasteiger charge is 2.26. The highest BCUT2D eigenvalue weighted by atomic mass is 16.6. The standard InChI is InChI=1S/C28H32NO12/c1-8-23(30)36-13-21(15-38-25(32)17(3)4)40-27(34)19-10-20(12-29(7)11-19)28(35)41-22(14-37-24(31)9-2)16-39-26(33)18(5)6/h8-12,21-22H,1-3,5,13-16H2,4,6-7H3/q+1. The number of carbonyl (C=O) groups is 6. The normalized spacial score (nSPS) is 11.5. The first-order chi connectivity index (χ1) is 19.3. The molecular weight excluding hydrogens is 542 g/mol. The second kappa shape index (κ2) is 16.8. The van der Waals surface area contributed by atoms with Crippen molar-refractivity contribution in [1.29, 1.82) is 0 Å². The molecule has 0 aromatic carbocycles. The maximum absolute atomic E-state index is 12.9. The van der Waals surface area contributed by atoms with Gasteiger partial charge in [-0.25, -0.2) is 33.3 Å². The minimum Gasteiger partial charge on any atom is -0.458 e. The van der Waals surface area contributed by atoms with E-state index < -0.39 is 74.5 Å². The van der Waals surface area contributed by atoms with Gasteiger partial charge in [-0.05, 0) is 19.9 Å². The minimum absolute atomic E-state index is 0.100. The first kappa shape index (κ1) is 34.0. The van der Waals surface area contributed by atoms with E-state index in [1.165, 1.54) is 37.9 Å². The monoisotopic (exact) mass is 574 g/mol. The Morgan fingerprint density at radius 2 is 1.05 bits per heavy atom. The van der Waals surface area contributed by atoms with Gasteiger partial charge in [0, 0.05) is 23.3 Å². The number of rotatable bonds is 16. The van der Waals surface area contributed by atoms with Crippen LogP contribution in [0, 0.1) is 0 Å². The number of ether oxygens (including phenoxy) is 6. The molecule has 0 aliphatic carbocycles. The molecule has 1 rings (SSSR count). The highest BCUT2D eigenvalue weighted by Crippen LogP contribution is 2.11. The SMILES string of the molecule is C=CC(=O)OCC(COC(=O)C(=C)C)OC(=O)c1cc(C(=O)OC(COC(=O)C=C)COC(=O)C(=C)C)c[n+](C)c1. The average molecular weight is 575 g/mol. The molecule has 1 aromatic rings. The van der Waals surface area contributed by atoms with Crippen LogP contribution in [-0.4, -0.2) is 74.5 Å². The van der Waals surface area contributed by atoms with Crippen molar-refractivity contribution in [3.05, 3.63) is 79.2 Å². The summed E-state index contributed by atoms with van der Waals surface area (Å²) in [4.78, 5) is 72.3. The molecule has 0 saturated heterocycles. The Morgan fingerprint density at radius 3 is 1.37 bits per heavy atom. The Morgan fingerprint density at radius 1 is 0.707 bits per heavy atom. The van der Waals surface area contributed by atoms with E-state index in [1.807, 2.05) is 0 Å². The number of hydrogen-bond acceptors (Lipinski definition) is 12. The molecule has 0 N–H and O–H groups in total. The number of aryl methyl sites for hydroxylation is 1. The molecular formula is C28H32NO12+. The van der Waals surface area contributed by atoms with Crippen molar-refractivity contribution in [3.63, 3.8) is 0 Å². The van der Waals surface area contributed by atoms with Crippen molar-refractivity contribution in [2.75, 3.05) is 26.4 Å². The molecule has 0 aliphatic heterocycles. The molecule has 2 unspecified atom stereocenters. The van der Waals surface area contributed by atoms with Gasteiger partial charge in [-0.3, -0.25) is 0 Å². The second-order valence-corrected chi connectivity index (χ2v) is 8.46. The maximum Gasteiger partial charge on any atom is 0.344 e. The van der Waals surface area contributed by atoms with Crippen LogP contribution in [-0.2, 0) is 54.6 Å². The van der Waals surface area contributed by atoms with E-state index in [0.717, 1.165) is 18.2 Å². The lowest BCUT2D eigenvalue weighted by molar-refractivity contribution is -0.671. The summed E-state index contributed by atoms with van der Waals surface area (Å²) in [7, 11) is 1.52. The predicted octanol–water partition coefficient (Wildman–Crippen LogP) is 1.26. The van der Waals surface area contributed by atoms with Crippen LogP contribution in [0.5, 0.6) is 0 Å². The molecule has 220 valence electrons. The molecule has 0 spiro atoms. The largest absolute Gasteiger partial charge is 0.458 e. The molecule has 0 saturated carbocycles. The Kier molecular flexibility index (Phi) is 13.9. The predicted molar refractivity (Wildman–Crippen MR) is 140 cm³/mol. The molecule has 0 amide bonds. The van der Waals surface area contributed by atoms with E-state index in [0.29, 0.717) is 0 Å². The highest BCUT2D eigenvalue weighted by molar-refractivity contribution is 5.94. The van der Waals surface area contributed by atoms with Crippen molar-refractivity contribution >= 4 is 35.8 Å². The van der Waals surface area contributed by atoms with Crippen LogP contribution in [0.2, 0.25) is 0 Å². The summed E-state index contributed by atoms with van der Waals surface area (Å²) in [6.45, 7) is 14.5. The van der Waals surface area contributed by atoms with Gasteiger partial charge in [0.25, 0.3) is 0 Å². The fraction of sp³-hybridized carbons (Fsp3) is 0.321. The summed E-state index contributed by atoms with van der Waals surface area (Å²) in [6, 6.07) is 1.16. The summed E-state index contributed by atoms with van der Waals surface area (Å²) < 4.78 is 31.9. The van der Waals surface area contributed by atoms with Crippen LogP contribution in [0.3, 0.4) is 0 Å². The number of hydrogen-bond donors (Lipinski definition) is 0. The zero-order valence-corrected chi connectivity index (χ0v) is 23.0. The van der Waals surface area contributed by atoms with Gasteiger partial charge in [-0.1, -0.05) is 26.3 Å². The van der Waals surface area contributed by atoms with E-state index >= 15 is 0 Å². The molecule has 1 heterocycles. The zero-order chi connectivity index (χ0) is 31.1. The number of nitrogens with zero attached hydrogens (tertiary/aromatic N) is 1. The number of aromatic nitrogens is 1. The van der Waals surface area contributed by atoms with Crippen LogP contribution in [0.15, 0.2) is 68.1 Å². The lowest BCUT2D eigenvalue weighted by Crippen LogP contribution is -2.35. The van der Waals surface area contributed by atoms with Crippen LogP contribution in [0.25, 0.3) is 0 Å². The van der Waals surface area contributed by atoms with E-state index in [2.05, 4.69) is 26.3 Å². The minimum atomic E-state index is -1.21. The number of pyridine rings is 1. The van der Waals surface area contributed by atoms with E-state index in [4.69, 9.17) is 28.4 Å². The average Bonchev–Trinajstić information content (AvgIpc) is 2.93. The van der Waals surface area contributed by atoms with E-state index in [-0.39, 0.29) is 22.3 Å². The molecule has 1 aromatic heterocycles. The van der Waals surface area contributed by atoms with Crippen molar-refractivity contribution in [2.24, 2.45) is 7.05 Å². The van der Waals surface area contributed by atoms with E-state index in [9.17, 15) is 28.8 Å². The van der Waals surface area contributed by atoms with Gasteiger partial charge in [0.1, 0.15) is 44.6 Å². The van der Waals surface area contributed by atoms with Gasteiger partial charge in [0.2, 0.25) is 0 Å². The molecule has 41 heavy (non-hydrogen) atoms. The molecule has 2 atom stereocenters. The smallest absolute Gasteiger partial charge is 0.344 e. The van der Waals surface area contributed by atoms with Gasteiger partial charge in [-0.2, -0.15) is 0 Å². The Bertz CT molecular complexity index is 1140. The van der Waals surface area contributed by atoms with Gasteiger partial charge < -0.3 is 28.4 Å². The fourth-order valence-electron chi connectivity index (χ4n) is 2.66. The summed E-state index contributed by atoms with van der Waals surface area (Å²) >= 11 is 0. The molecule has 13 heteroatoms. The second-order valence-electron chi connectivity index (χ2n) is 8.46. The Balaban J connectivity index is 3.09. The van der Waals surface area contributed by atoms with Crippen LogP contribution >= 0.6 is 0 Å². The molecule has 0 aliphatic rings. The Labute approximate surface area is 236 Å². The lowest BCUT2D eigenvalue weighted by atomic mass is 10.2. The topological polar surface area (TPSA) is 162 Å². The van der Waals surface area contributed by atoms with Gasteiger partial charge >= 0.3 is 35.8 Å². The molecule has 0 fully saturated rings. The molecule has 0 radical (unpaired) electrons. The lowest BCUT2D eigenvalue weighted by Gasteiger charge is -2.18. The van der Waals surface area contributed by atoms with Crippen LogP contribution in [0.1, 0.15) is 34.6 Å². The third kappa shape index (κ3) is 12.6. The summed E-state index contributed by atoms with van der Waals surface area (Å²) in [6.07, 6.45) is 2.07. The summed E-state index contributed by atoms with van der Waals surface area (Å²) in [5, 5.41) is 0. The fourth-order valence-corrected chi connectivity index (χ4v) is 2.66. The first-order valence-electron chi connectivity index (χ1n) is 11.9. The number of esters is 6. The molecule has 13 nitrogen and oxygen atoms in total. The van der Waals surface area contributed by atoms with Gasteiger partial charge in [-0.15, -0.1) is 0 Å². The summed E-state index contributed by atoms with van der Waals surface area (Å²) in [5.74, 6) is -4.99. The van der Waals surface area contributed by atoms with Gasteiger partial charge in [0.15, 0.2) is 24.6 Å². The van der Waals surface area contributed by atoms with Crippen molar-refractivity contribution in [1.82, 2.24) is 0 Å². The third-order valence-corrected chi connectivity index (χ3v) is 4.67. The van der Waals surface area contributed by atoms with Crippen LogP contribution in [0.4, 0.5) is 0 Å². The number of carbonyl (C=O) groups excluding carboxylic acids is 6. The first-order valence-corrected chi connectivity index (χ1v) is 11.9. The third-order valence-electron chi connectivity index (χ3n) is 4.67. The maximum atomic E-state index is 12.9. The van der Waals surface area contributed by atoms with Crippen molar-refractivity contribution in [2.45, 2.75) is 26.1 Å². The van der Waals surface area contributed by atoms with Gasteiger partial charge in [0.05, 0.1) is 0 Å². The van der Waals surface area contributed by atoms with Crippen molar-refractivity contribution < 1.29 is 61.8 Å². The van der Waals surface area contributed by atoms with E-state index in [1.54, 1.807) is 0 Å². The van der Waals surface area contributed by atoms with Crippen LogP contribution < -0.4 is 4.57 Å². The molecule has 0 bridgehead atoms. The summed E-state index contributed by atoms with van der Waals surface area (Å²) in [5.41, 5.74) is -0.0279. The van der Waals surface area contributed by atoms with Crippen molar-refractivity contribution in [3.8, 4) is 0 Å². The zero-order valence-electron chi connectivity index (χ0n) is 23.0.